The molecule has 2 aromatic rings. The molecule has 4 fully saturated rings. The van der Waals surface area contributed by atoms with Gasteiger partial charge in [0.15, 0.2) is 11.6 Å². The lowest BCUT2D eigenvalue weighted by atomic mass is 9.75. The summed E-state index contributed by atoms with van der Waals surface area (Å²) in [4.78, 5) is 4.92. The molecule has 3 atom stereocenters. The van der Waals surface area contributed by atoms with Crippen LogP contribution in [0.15, 0.2) is 42.5 Å². The third-order valence-electron chi connectivity index (χ3n) is 6.77. The van der Waals surface area contributed by atoms with Crippen LogP contribution >= 0.6 is 0 Å². The number of fused-ring (bicyclic) bond motifs is 2. The number of piperidine rings is 3. The summed E-state index contributed by atoms with van der Waals surface area (Å²) in [6, 6.07) is 12.5. The van der Waals surface area contributed by atoms with Crippen LogP contribution in [0.1, 0.15) is 29.9 Å². The zero-order valence-electron chi connectivity index (χ0n) is 15.2. The number of nitrogens with zero attached hydrogens (tertiary/aromatic N) is 2. The van der Waals surface area contributed by atoms with E-state index in [1.54, 1.807) is 24.3 Å². The normalized spacial score (nSPS) is 32.6. The fraction of sp³-hybridized carbons (Fsp3) is 0.455. The van der Waals surface area contributed by atoms with Crippen molar-refractivity contribution in [1.29, 1.82) is 0 Å². The van der Waals surface area contributed by atoms with Crippen molar-refractivity contribution >= 4 is 0 Å². The standard InChI is InChI=1S/C22H24F2N2O/c23-19-6-2-5-17(20(19)24)18-13-26(12-14-3-1-4-16(27)11-14)21-15-7-9-25(10-8-15)22(18)21/h1-6,11,15,18,21-22,27H,7-10,12-13H2/t18-,21+,22+/m0/s1. The molecule has 1 N–H and O–H groups in total. The van der Waals surface area contributed by atoms with Crippen LogP contribution in [0.5, 0.6) is 5.75 Å². The number of rotatable bonds is 3. The zero-order valence-corrected chi connectivity index (χ0v) is 15.2. The van der Waals surface area contributed by atoms with E-state index in [-0.39, 0.29) is 17.7 Å². The van der Waals surface area contributed by atoms with E-state index in [4.69, 9.17) is 0 Å². The minimum absolute atomic E-state index is 0.0221. The van der Waals surface area contributed by atoms with Crippen molar-refractivity contribution in [3.8, 4) is 5.75 Å². The smallest absolute Gasteiger partial charge is 0.162 e. The molecular weight excluding hydrogens is 346 g/mol. The number of hydrogen-bond donors (Lipinski definition) is 1. The molecule has 142 valence electrons. The van der Waals surface area contributed by atoms with E-state index in [1.165, 1.54) is 18.9 Å². The number of benzene rings is 2. The molecule has 2 aromatic carbocycles. The summed E-state index contributed by atoms with van der Waals surface area (Å²) in [5.74, 6) is -0.593. The molecule has 0 radical (unpaired) electrons. The molecule has 0 spiro atoms. The SMILES string of the molecule is Oc1cccc(CN2C[C@@H](c3cccc(F)c3F)[C@@H]3[C@H]2C2CCN3CC2)c1. The van der Waals surface area contributed by atoms with E-state index in [0.29, 0.717) is 17.5 Å². The summed E-state index contributed by atoms with van der Waals surface area (Å²) in [7, 11) is 0. The first-order valence-corrected chi connectivity index (χ1v) is 9.82. The lowest BCUT2D eigenvalue weighted by molar-refractivity contribution is -0.00889. The number of phenols is 1. The summed E-state index contributed by atoms with van der Waals surface area (Å²) < 4.78 is 28.5. The highest BCUT2D eigenvalue weighted by Crippen LogP contribution is 2.47. The quantitative estimate of drug-likeness (QED) is 0.892. The highest BCUT2D eigenvalue weighted by molar-refractivity contribution is 5.31. The molecule has 5 heteroatoms. The van der Waals surface area contributed by atoms with Crippen LogP contribution in [0, 0.1) is 17.6 Å². The van der Waals surface area contributed by atoms with Gasteiger partial charge in [-0.3, -0.25) is 9.80 Å². The van der Waals surface area contributed by atoms with Gasteiger partial charge in [0.05, 0.1) is 0 Å². The molecule has 3 nitrogen and oxygen atoms in total. The minimum Gasteiger partial charge on any atom is -0.508 e. The highest BCUT2D eigenvalue weighted by Gasteiger charge is 2.53. The van der Waals surface area contributed by atoms with Crippen molar-refractivity contribution in [2.75, 3.05) is 19.6 Å². The lowest BCUT2D eigenvalue weighted by Crippen LogP contribution is -2.60. The van der Waals surface area contributed by atoms with Crippen LogP contribution in [0.25, 0.3) is 0 Å². The molecule has 0 unspecified atom stereocenters. The van der Waals surface area contributed by atoms with Gasteiger partial charge in [-0.25, -0.2) is 8.78 Å². The number of likely N-dealkylation sites (tertiary alicyclic amines) is 1. The Kier molecular flexibility index (Phi) is 4.17. The third kappa shape index (κ3) is 2.84. The van der Waals surface area contributed by atoms with Gasteiger partial charge in [-0.1, -0.05) is 24.3 Å². The molecule has 4 saturated heterocycles. The van der Waals surface area contributed by atoms with Crippen molar-refractivity contribution in [3.05, 3.63) is 65.2 Å². The van der Waals surface area contributed by atoms with Crippen LogP contribution in [0.2, 0.25) is 0 Å². The first-order valence-electron chi connectivity index (χ1n) is 9.82. The van der Waals surface area contributed by atoms with Crippen molar-refractivity contribution in [2.24, 2.45) is 5.92 Å². The molecule has 4 aliphatic rings. The Balaban J connectivity index is 1.51. The molecule has 0 amide bonds. The second-order valence-electron chi connectivity index (χ2n) is 8.20. The first kappa shape index (κ1) is 17.1. The Labute approximate surface area is 158 Å². The number of halogens is 2. The Hall–Kier alpha value is -1.98. The van der Waals surface area contributed by atoms with Gasteiger partial charge in [-0.2, -0.15) is 0 Å². The second kappa shape index (κ2) is 6.57. The number of phenolic OH excluding ortho intramolecular Hbond substituents is 1. The average Bonchev–Trinajstić information content (AvgIpc) is 3.06. The van der Waals surface area contributed by atoms with Crippen molar-refractivity contribution in [3.63, 3.8) is 0 Å². The monoisotopic (exact) mass is 370 g/mol. The maximum Gasteiger partial charge on any atom is 0.162 e. The highest BCUT2D eigenvalue weighted by atomic mass is 19.2. The van der Waals surface area contributed by atoms with Gasteiger partial charge < -0.3 is 5.11 Å². The Bertz CT molecular complexity index is 850. The topological polar surface area (TPSA) is 26.7 Å². The van der Waals surface area contributed by atoms with Gasteiger partial charge >= 0.3 is 0 Å². The van der Waals surface area contributed by atoms with E-state index in [0.717, 1.165) is 31.7 Å². The van der Waals surface area contributed by atoms with Gasteiger partial charge in [-0.05, 0) is 61.2 Å². The van der Waals surface area contributed by atoms with Gasteiger partial charge in [0.2, 0.25) is 0 Å². The van der Waals surface area contributed by atoms with Gasteiger partial charge in [0.25, 0.3) is 0 Å². The summed E-state index contributed by atoms with van der Waals surface area (Å²) in [6.07, 6.45) is 2.35. The predicted molar refractivity (Wildman–Crippen MR) is 99.5 cm³/mol. The minimum atomic E-state index is -0.758. The number of hydrogen-bond acceptors (Lipinski definition) is 3. The second-order valence-corrected chi connectivity index (χ2v) is 8.20. The van der Waals surface area contributed by atoms with Gasteiger partial charge in [-0.15, -0.1) is 0 Å². The van der Waals surface area contributed by atoms with Crippen molar-refractivity contribution in [2.45, 2.75) is 37.4 Å². The van der Waals surface area contributed by atoms with Crippen LogP contribution in [0.3, 0.4) is 0 Å². The fourth-order valence-corrected chi connectivity index (χ4v) is 5.69. The molecule has 4 aliphatic heterocycles. The van der Waals surface area contributed by atoms with Crippen LogP contribution in [-0.4, -0.2) is 46.6 Å². The van der Waals surface area contributed by atoms with Crippen molar-refractivity contribution < 1.29 is 13.9 Å². The van der Waals surface area contributed by atoms with Crippen LogP contribution in [-0.2, 0) is 6.54 Å². The summed E-state index contributed by atoms with van der Waals surface area (Å²) >= 11 is 0. The average molecular weight is 370 g/mol. The van der Waals surface area contributed by atoms with Crippen molar-refractivity contribution in [1.82, 2.24) is 9.80 Å². The van der Waals surface area contributed by atoms with E-state index >= 15 is 0 Å². The Morgan fingerprint density at radius 3 is 2.56 bits per heavy atom. The predicted octanol–water partition coefficient (Wildman–Crippen LogP) is 3.73. The molecule has 0 aromatic heterocycles. The van der Waals surface area contributed by atoms with Gasteiger partial charge in [0.1, 0.15) is 5.75 Å². The van der Waals surface area contributed by atoms with E-state index in [9.17, 15) is 13.9 Å². The molecule has 0 saturated carbocycles. The Morgan fingerprint density at radius 1 is 1.00 bits per heavy atom. The maximum absolute atomic E-state index is 14.6. The van der Waals surface area contributed by atoms with Gasteiger partial charge in [0, 0.05) is 31.1 Å². The molecule has 27 heavy (non-hydrogen) atoms. The largest absolute Gasteiger partial charge is 0.508 e. The van der Waals surface area contributed by atoms with E-state index in [2.05, 4.69) is 9.80 Å². The lowest BCUT2D eigenvalue weighted by Gasteiger charge is -2.51. The third-order valence-corrected chi connectivity index (χ3v) is 6.77. The zero-order chi connectivity index (χ0) is 18.5. The Morgan fingerprint density at radius 2 is 1.78 bits per heavy atom. The molecule has 2 bridgehead atoms. The molecule has 6 rings (SSSR count). The summed E-state index contributed by atoms with van der Waals surface area (Å²) in [5, 5.41) is 9.80. The molecule has 4 heterocycles. The summed E-state index contributed by atoms with van der Waals surface area (Å²) in [5.41, 5.74) is 1.57. The fourth-order valence-electron chi connectivity index (χ4n) is 5.69. The van der Waals surface area contributed by atoms with E-state index in [1.807, 2.05) is 12.1 Å². The molecule has 0 aliphatic carbocycles. The summed E-state index contributed by atoms with van der Waals surface area (Å²) in [6.45, 7) is 3.56. The van der Waals surface area contributed by atoms with Crippen LogP contribution < -0.4 is 0 Å². The maximum atomic E-state index is 14.6. The van der Waals surface area contributed by atoms with Crippen LogP contribution in [0.4, 0.5) is 8.78 Å². The number of aromatic hydroxyl groups is 1. The van der Waals surface area contributed by atoms with E-state index < -0.39 is 11.6 Å². The first-order chi connectivity index (χ1) is 13.1. The molecular formula is C22H24F2N2O.